The number of benzene rings is 1. The minimum Gasteiger partial charge on any atom is -0.387 e. The van der Waals surface area contributed by atoms with E-state index in [0.717, 1.165) is 25.7 Å². The van der Waals surface area contributed by atoms with E-state index in [2.05, 4.69) is 34.4 Å². The summed E-state index contributed by atoms with van der Waals surface area (Å²) in [6.45, 7) is 0.673. The van der Waals surface area contributed by atoms with Gasteiger partial charge in [0.1, 0.15) is 12.7 Å². The maximum atomic E-state index is 9.65. The average Bonchev–Trinajstić information content (AvgIpc) is 2.45. The van der Waals surface area contributed by atoms with E-state index >= 15 is 0 Å². The minimum absolute atomic E-state index is 0.114. The molecule has 106 valence electrons. The quantitative estimate of drug-likeness (QED) is 0.380. The third-order valence-corrected chi connectivity index (χ3v) is 2.73. The summed E-state index contributed by atoms with van der Waals surface area (Å²) in [4.78, 5) is 13.8. The Balaban J connectivity index is 1.90. The van der Waals surface area contributed by atoms with Gasteiger partial charge >= 0.3 is 0 Å². The number of aliphatic hydroxyl groups excluding tert-OH is 1. The predicted octanol–water partition coefficient (Wildman–Crippen LogP) is 2.47. The molecule has 1 aromatic rings. The smallest absolute Gasteiger partial charge is 0.155 e. The van der Waals surface area contributed by atoms with Crippen molar-refractivity contribution in [3.05, 3.63) is 40.8 Å². The summed E-state index contributed by atoms with van der Waals surface area (Å²) in [6.07, 6.45) is 3.49. The Hall–Kier alpha value is -1.46. The Morgan fingerprint density at radius 2 is 1.89 bits per heavy atom. The molecule has 1 atom stereocenters. The second kappa shape index (κ2) is 10.5. The molecule has 0 radical (unpaired) electrons. The van der Waals surface area contributed by atoms with Gasteiger partial charge in [-0.2, -0.15) is 0 Å². The van der Waals surface area contributed by atoms with E-state index in [0.29, 0.717) is 6.61 Å². The summed E-state index contributed by atoms with van der Waals surface area (Å²) >= 11 is 0. The molecule has 1 N–H and O–H groups in total. The van der Waals surface area contributed by atoms with E-state index in [1.807, 2.05) is 6.07 Å². The number of hydrogen-bond acceptors (Lipinski definition) is 5. The molecule has 0 bridgehead atoms. The van der Waals surface area contributed by atoms with Crippen molar-refractivity contribution in [3.63, 3.8) is 0 Å². The highest BCUT2D eigenvalue weighted by Gasteiger charge is 2.04. The first-order valence-corrected chi connectivity index (χ1v) is 6.57. The summed E-state index contributed by atoms with van der Waals surface area (Å²) in [6, 6.07) is 10.4. The van der Waals surface area contributed by atoms with E-state index in [1.54, 1.807) is 0 Å². The fraction of sp³-hybridized carbons (Fsp3) is 0.571. The van der Waals surface area contributed by atoms with Crippen LogP contribution in [0.15, 0.2) is 35.7 Å². The predicted molar refractivity (Wildman–Crippen MR) is 72.6 cm³/mol. The molecule has 0 aliphatic rings. The molecule has 5 nitrogen and oxygen atoms in total. The summed E-state index contributed by atoms with van der Waals surface area (Å²) < 4.78 is 5.27. The summed E-state index contributed by atoms with van der Waals surface area (Å²) in [5.74, 6) is 0. The van der Waals surface area contributed by atoms with Crippen molar-refractivity contribution in [2.45, 2.75) is 31.8 Å². The molecule has 0 heterocycles. The highest BCUT2D eigenvalue weighted by molar-refractivity contribution is 5.14. The van der Waals surface area contributed by atoms with Crippen LogP contribution >= 0.6 is 0 Å². The van der Waals surface area contributed by atoms with Crippen LogP contribution in [0, 0.1) is 4.91 Å². The molecule has 0 aromatic heterocycles. The molecule has 19 heavy (non-hydrogen) atoms. The van der Waals surface area contributed by atoms with Gasteiger partial charge in [-0.05, 0) is 24.8 Å². The molecular weight excluding hydrogens is 246 g/mol. The molecular formula is C14H21NO4. The summed E-state index contributed by atoms with van der Waals surface area (Å²) in [7, 11) is 0. The van der Waals surface area contributed by atoms with Gasteiger partial charge in [0.25, 0.3) is 0 Å². The number of nitrogens with zero attached hydrogens (tertiary/aromatic N) is 1. The second-order valence-electron chi connectivity index (χ2n) is 4.40. The van der Waals surface area contributed by atoms with Gasteiger partial charge in [-0.3, -0.25) is 0 Å². The van der Waals surface area contributed by atoms with E-state index in [-0.39, 0.29) is 13.2 Å². The van der Waals surface area contributed by atoms with E-state index in [4.69, 9.17) is 4.74 Å². The largest absolute Gasteiger partial charge is 0.387 e. The van der Waals surface area contributed by atoms with Crippen LogP contribution in [0.4, 0.5) is 0 Å². The van der Waals surface area contributed by atoms with E-state index in [1.165, 1.54) is 5.56 Å². The van der Waals surface area contributed by atoms with Crippen molar-refractivity contribution in [1.29, 1.82) is 0 Å². The third kappa shape index (κ3) is 8.29. The van der Waals surface area contributed by atoms with Gasteiger partial charge in [-0.15, -0.1) is 4.91 Å². The van der Waals surface area contributed by atoms with E-state index < -0.39 is 6.10 Å². The summed E-state index contributed by atoms with van der Waals surface area (Å²) in [5.41, 5.74) is 1.36. The Morgan fingerprint density at radius 1 is 1.11 bits per heavy atom. The van der Waals surface area contributed by atoms with Crippen LogP contribution in [0.3, 0.4) is 0 Å². The Bertz CT molecular complexity index is 331. The zero-order valence-corrected chi connectivity index (χ0v) is 11.0. The molecule has 1 aromatic carbocycles. The number of aryl methyl sites for hydroxylation is 1. The lowest BCUT2D eigenvalue weighted by Crippen LogP contribution is -2.20. The van der Waals surface area contributed by atoms with Crippen molar-refractivity contribution in [1.82, 2.24) is 0 Å². The number of hydrogen-bond donors (Lipinski definition) is 1. The van der Waals surface area contributed by atoms with Crippen LogP contribution in [0.1, 0.15) is 24.8 Å². The van der Waals surface area contributed by atoms with Crippen molar-refractivity contribution >= 4 is 0 Å². The molecule has 0 saturated carbocycles. The van der Waals surface area contributed by atoms with Gasteiger partial charge < -0.3 is 14.7 Å². The fourth-order valence-electron chi connectivity index (χ4n) is 1.74. The lowest BCUT2D eigenvalue weighted by Gasteiger charge is -2.08. The first-order chi connectivity index (χ1) is 9.33. The van der Waals surface area contributed by atoms with E-state index in [9.17, 15) is 10.0 Å². The SMILES string of the molecule is O=NOCC(O)COCCCCCc1ccccc1. The van der Waals surface area contributed by atoms with Gasteiger partial charge in [0.15, 0.2) is 5.34 Å². The fourth-order valence-corrected chi connectivity index (χ4v) is 1.74. The number of ether oxygens (including phenoxy) is 1. The molecule has 0 aliphatic carbocycles. The normalized spacial score (nSPS) is 12.1. The Labute approximate surface area is 113 Å². The van der Waals surface area contributed by atoms with Crippen LogP contribution in [-0.4, -0.2) is 31.0 Å². The monoisotopic (exact) mass is 267 g/mol. The lowest BCUT2D eigenvalue weighted by molar-refractivity contribution is -0.0193. The van der Waals surface area contributed by atoms with Gasteiger partial charge in [-0.25, -0.2) is 0 Å². The van der Waals surface area contributed by atoms with Crippen molar-refractivity contribution < 1.29 is 14.7 Å². The first-order valence-electron chi connectivity index (χ1n) is 6.57. The van der Waals surface area contributed by atoms with Gasteiger partial charge in [0.05, 0.1) is 6.61 Å². The van der Waals surface area contributed by atoms with Gasteiger partial charge in [-0.1, -0.05) is 36.8 Å². The maximum Gasteiger partial charge on any atom is 0.155 e. The van der Waals surface area contributed by atoms with Crippen LogP contribution in [0.2, 0.25) is 0 Å². The molecule has 1 unspecified atom stereocenters. The zero-order chi connectivity index (χ0) is 13.8. The second-order valence-corrected chi connectivity index (χ2v) is 4.40. The Morgan fingerprint density at radius 3 is 2.63 bits per heavy atom. The molecule has 5 heteroatoms. The van der Waals surface area contributed by atoms with Gasteiger partial charge in [0.2, 0.25) is 0 Å². The first kappa shape index (κ1) is 15.6. The number of aliphatic hydroxyl groups is 1. The topological polar surface area (TPSA) is 68.1 Å². The number of unbranched alkanes of at least 4 members (excludes halogenated alkanes) is 2. The highest BCUT2D eigenvalue weighted by atomic mass is 16.7. The van der Waals surface area contributed by atoms with Crippen LogP contribution in [0.5, 0.6) is 0 Å². The highest BCUT2D eigenvalue weighted by Crippen LogP contribution is 2.06. The number of rotatable bonds is 11. The van der Waals surface area contributed by atoms with Crippen molar-refractivity contribution in [2.24, 2.45) is 5.34 Å². The zero-order valence-electron chi connectivity index (χ0n) is 11.0. The van der Waals surface area contributed by atoms with Gasteiger partial charge in [0, 0.05) is 6.61 Å². The Kier molecular flexibility index (Phi) is 8.59. The van der Waals surface area contributed by atoms with Crippen molar-refractivity contribution in [2.75, 3.05) is 19.8 Å². The molecule has 0 saturated heterocycles. The standard InChI is InChI=1S/C14H21NO4/c16-14(12-19-15-17)11-18-10-6-2-5-9-13-7-3-1-4-8-13/h1,3-4,7-8,14,16H,2,5-6,9-12H2. The average molecular weight is 267 g/mol. The molecule has 0 amide bonds. The van der Waals surface area contributed by atoms with Crippen LogP contribution in [0.25, 0.3) is 0 Å². The lowest BCUT2D eigenvalue weighted by atomic mass is 10.1. The van der Waals surface area contributed by atoms with Crippen LogP contribution in [-0.2, 0) is 16.0 Å². The molecule has 0 aliphatic heterocycles. The molecule has 0 spiro atoms. The maximum absolute atomic E-state index is 9.65. The van der Waals surface area contributed by atoms with Crippen LogP contribution < -0.4 is 0 Å². The minimum atomic E-state index is -0.790. The van der Waals surface area contributed by atoms with Crippen molar-refractivity contribution in [3.8, 4) is 0 Å². The third-order valence-electron chi connectivity index (χ3n) is 2.73. The molecule has 0 fully saturated rings. The molecule has 1 rings (SSSR count). The summed E-state index contributed by atoms with van der Waals surface area (Å²) in [5, 5.41) is 11.5.